The van der Waals surface area contributed by atoms with Crippen molar-refractivity contribution in [3.63, 3.8) is 0 Å². The first-order chi connectivity index (χ1) is 10.1. The molecule has 0 aliphatic rings. The summed E-state index contributed by atoms with van der Waals surface area (Å²) >= 11 is 1.69. The lowest BCUT2D eigenvalue weighted by Gasteiger charge is -2.09. The van der Waals surface area contributed by atoms with Gasteiger partial charge in [0.2, 0.25) is 0 Å². The molecule has 22 heavy (non-hydrogen) atoms. The summed E-state index contributed by atoms with van der Waals surface area (Å²) in [6.07, 6.45) is 2.92. The molecule has 0 spiro atoms. The highest BCUT2D eigenvalue weighted by molar-refractivity contribution is 14.0. The number of rotatable bonds is 5. The molecule has 0 saturated carbocycles. The summed E-state index contributed by atoms with van der Waals surface area (Å²) in [6, 6.07) is 8.24. The van der Waals surface area contributed by atoms with Crippen molar-refractivity contribution in [3.8, 4) is 0 Å². The minimum Gasteiger partial charge on any atom is -0.370 e. The Morgan fingerprint density at radius 1 is 1.41 bits per heavy atom. The highest BCUT2D eigenvalue weighted by Gasteiger charge is 2.02. The van der Waals surface area contributed by atoms with Gasteiger partial charge in [0.1, 0.15) is 5.01 Å². The third-order valence-corrected chi connectivity index (χ3v) is 4.29. The van der Waals surface area contributed by atoms with E-state index in [2.05, 4.69) is 48.2 Å². The van der Waals surface area contributed by atoms with E-state index in [-0.39, 0.29) is 24.0 Å². The number of halogens is 1. The van der Waals surface area contributed by atoms with E-state index in [1.807, 2.05) is 18.3 Å². The van der Waals surface area contributed by atoms with Gasteiger partial charge in [0.05, 0.1) is 6.54 Å². The molecule has 0 atom stereocenters. The first-order valence-electron chi connectivity index (χ1n) is 7.19. The summed E-state index contributed by atoms with van der Waals surface area (Å²) in [6.45, 7) is 6.99. The summed E-state index contributed by atoms with van der Waals surface area (Å²) < 4.78 is 0. The first kappa shape index (κ1) is 18.9. The molecule has 120 valence electrons. The summed E-state index contributed by atoms with van der Waals surface area (Å²) in [5.74, 6) is 0.914. The van der Waals surface area contributed by atoms with Crippen LogP contribution in [0.2, 0.25) is 0 Å². The number of guanidine groups is 1. The third kappa shape index (κ3) is 5.57. The maximum Gasteiger partial charge on any atom is 0.193 e. The van der Waals surface area contributed by atoms with Crippen molar-refractivity contribution in [1.29, 1.82) is 0 Å². The van der Waals surface area contributed by atoms with Crippen LogP contribution < -0.4 is 11.1 Å². The van der Waals surface area contributed by atoms with E-state index >= 15 is 0 Å². The summed E-state index contributed by atoms with van der Waals surface area (Å²) in [7, 11) is 0. The number of aryl methyl sites for hydroxylation is 1. The average molecular weight is 430 g/mol. The topological polar surface area (TPSA) is 63.3 Å². The Hall–Kier alpha value is -1.15. The summed E-state index contributed by atoms with van der Waals surface area (Å²) in [5.41, 5.74) is 8.18. The zero-order valence-corrected chi connectivity index (χ0v) is 16.3. The quantitative estimate of drug-likeness (QED) is 0.421. The highest BCUT2D eigenvalue weighted by Crippen LogP contribution is 2.18. The molecule has 0 saturated heterocycles. The van der Waals surface area contributed by atoms with Crippen LogP contribution in [-0.4, -0.2) is 10.9 Å². The number of hydrogen-bond donors (Lipinski definition) is 2. The third-order valence-electron chi connectivity index (χ3n) is 3.16. The molecule has 1 aromatic carbocycles. The minimum atomic E-state index is 0. The van der Waals surface area contributed by atoms with E-state index in [9.17, 15) is 0 Å². The van der Waals surface area contributed by atoms with Crippen LogP contribution in [0.4, 0.5) is 5.69 Å². The number of nitrogens with two attached hydrogens (primary N) is 1. The van der Waals surface area contributed by atoms with Crippen LogP contribution in [0.25, 0.3) is 0 Å². The zero-order chi connectivity index (χ0) is 15.2. The smallest absolute Gasteiger partial charge is 0.193 e. The molecule has 3 N–H and O–H groups in total. The maximum atomic E-state index is 5.93. The molecule has 4 nitrogen and oxygen atoms in total. The van der Waals surface area contributed by atoms with Gasteiger partial charge in [-0.25, -0.2) is 9.98 Å². The molecule has 0 bridgehead atoms. The number of nitrogens with zero attached hydrogens (tertiary/aromatic N) is 2. The Morgan fingerprint density at radius 3 is 2.82 bits per heavy atom. The standard InChI is InChI=1S/C16H22N4S.HI/c1-4-14-9-18-15(21-14)10-19-16(17)20-13-7-5-6-12(8-13)11(2)3;/h5-9,11H,4,10H2,1-3H3,(H3,17,19,20);1H. The van der Waals surface area contributed by atoms with Crippen molar-refractivity contribution in [2.75, 3.05) is 5.32 Å². The van der Waals surface area contributed by atoms with Crippen LogP contribution in [0.5, 0.6) is 0 Å². The maximum absolute atomic E-state index is 5.93. The first-order valence-corrected chi connectivity index (χ1v) is 8.00. The van der Waals surface area contributed by atoms with Gasteiger partial charge in [-0.3, -0.25) is 0 Å². The monoisotopic (exact) mass is 430 g/mol. The fourth-order valence-electron chi connectivity index (χ4n) is 1.90. The van der Waals surface area contributed by atoms with Gasteiger partial charge in [0.25, 0.3) is 0 Å². The Labute approximate surface area is 153 Å². The Bertz CT molecular complexity index is 622. The highest BCUT2D eigenvalue weighted by atomic mass is 127. The molecule has 0 aliphatic heterocycles. The van der Waals surface area contributed by atoms with Crippen molar-refractivity contribution < 1.29 is 0 Å². The Kier molecular flexibility index (Phi) is 7.81. The predicted molar refractivity (Wildman–Crippen MR) is 106 cm³/mol. The van der Waals surface area contributed by atoms with Gasteiger partial charge in [-0.2, -0.15) is 0 Å². The van der Waals surface area contributed by atoms with E-state index in [1.54, 1.807) is 11.3 Å². The lowest BCUT2D eigenvalue weighted by molar-refractivity contribution is 0.867. The number of aliphatic imine (C=N–C) groups is 1. The number of benzene rings is 1. The van der Waals surface area contributed by atoms with Crippen LogP contribution in [0, 0.1) is 0 Å². The van der Waals surface area contributed by atoms with Crippen molar-refractivity contribution >= 4 is 47.0 Å². The van der Waals surface area contributed by atoms with Gasteiger partial charge in [-0.15, -0.1) is 35.3 Å². The van der Waals surface area contributed by atoms with Gasteiger partial charge < -0.3 is 11.1 Å². The number of hydrogen-bond acceptors (Lipinski definition) is 3. The Morgan fingerprint density at radius 2 is 2.18 bits per heavy atom. The number of nitrogens with one attached hydrogen (secondary N) is 1. The molecule has 0 fully saturated rings. The van der Waals surface area contributed by atoms with Gasteiger partial charge in [0.15, 0.2) is 5.96 Å². The minimum absolute atomic E-state index is 0. The number of thiazole rings is 1. The molecule has 6 heteroatoms. The summed E-state index contributed by atoms with van der Waals surface area (Å²) in [4.78, 5) is 9.95. The number of anilines is 1. The molecule has 2 rings (SSSR count). The second-order valence-electron chi connectivity index (χ2n) is 5.18. The van der Waals surface area contributed by atoms with Crippen LogP contribution in [0.1, 0.15) is 42.1 Å². The van der Waals surface area contributed by atoms with Crippen LogP contribution in [-0.2, 0) is 13.0 Å². The molecular formula is C16H23IN4S. The lowest BCUT2D eigenvalue weighted by atomic mass is 10.0. The molecular weight excluding hydrogens is 407 g/mol. The van der Waals surface area contributed by atoms with Gasteiger partial charge >= 0.3 is 0 Å². The van der Waals surface area contributed by atoms with Crippen LogP contribution >= 0.6 is 35.3 Å². The van der Waals surface area contributed by atoms with Crippen molar-refractivity contribution in [3.05, 3.63) is 45.9 Å². The predicted octanol–water partition coefficient (Wildman–Crippen LogP) is 4.37. The van der Waals surface area contributed by atoms with E-state index in [4.69, 9.17) is 5.73 Å². The molecule has 1 aromatic heterocycles. The zero-order valence-electron chi connectivity index (χ0n) is 13.2. The SMILES string of the molecule is CCc1cnc(CN=C(N)Nc2cccc(C(C)C)c2)s1.I. The van der Waals surface area contributed by atoms with Crippen molar-refractivity contribution in [2.24, 2.45) is 10.7 Å². The summed E-state index contributed by atoms with van der Waals surface area (Å²) in [5, 5.41) is 4.13. The van der Waals surface area contributed by atoms with E-state index in [1.165, 1.54) is 10.4 Å². The fourth-order valence-corrected chi connectivity index (χ4v) is 2.69. The van der Waals surface area contributed by atoms with Gasteiger partial charge in [0, 0.05) is 16.8 Å². The molecule has 0 amide bonds. The fraction of sp³-hybridized carbons (Fsp3) is 0.375. The molecule has 2 aromatic rings. The largest absolute Gasteiger partial charge is 0.370 e. The number of aromatic nitrogens is 1. The van der Waals surface area contributed by atoms with Crippen molar-refractivity contribution in [1.82, 2.24) is 4.98 Å². The van der Waals surface area contributed by atoms with Crippen LogP contribution in [0.15, 0.2) is 35.5 Å². The van der Waals surface area contributed by atoms with Crippen LogP contribution in [0.3, 0.4) is 0 Å². The normalized spacial score (nSPS) is 11.4. The van der Waals surface area contributed by atoms with E-state index < -0.39 is 0 Å². The average Bonchev–Trinajstić information content (AvgIpc) is 2.93. The van der Waals surface area contributed by atoms with E-state index in [0.29, 0.717) is 18.4 Å². The van der Waals surface area contributed by atoms with E-state index in [0.717, 1.165) is 17.1 Å². The lowest BCUT2D eigenvalue weighted by Crippen LogP contribution is -2.22. The molecule has 1 heterocycles. The van der Waals surface area contributed by atoms with Gasteiger partial charge in [-0.1, -0.05) is 32.9 Å². The molecule has 0 aliphatic carbocycles. The Balaban J connectivity index is 0.00000242. The van der Waals surface area contributed by atoms with Crippen molar-refractivity contribution in [2.45, 2.75) is 39.7 Å². The molecule has 0 radical (unpaired) electrons. The molecule has 0 unspecified atom stereocenters. The van der Waals surface area contributed by atoms with Gasteiger partial charge in [-0.05, 0) is 30.0 Å². The second kappa shape index (κ2) is 9.09. The second-order valence-corrected chi connectivity index (χ2v) is 6.38.